The zero-order valence-corrected chi connectivity index (χ0v) is 18.6. The molecule has 0 spiro atoms. The second-order valence-corrected chi connectivity index (χ2v) is 7.75. The predicted octanol–water partition coefficient (Wildman–Crippen LogP) is 2.38. The number of amides is 2. The number of aromatic carboxylic acids is 1. The monoisotopic (exact) mass is 460 g/mol. The van der Waals surface area contributed by atoms with Crippen molar-refractivity contribution in [2.45, 2.75) is 31.9 Å². The number of methoxy groups -OCH3 is 1. The van der Waals surface area contributed by atoms with Crippen LogP contribution in [0.4, 0.5) is 0 Å². The van der Waals surface area contributed by atoms with Gasteiger partial charge in [-0.3, -0.25) is 9.59 Å². The minimum atomic E-state index is -1.00. The molecule has 10 heteroatoms. The standard InChI is InChI=1S/C22H25ClN4O5/c1-3-15-19(23)26-20(24-15)21(29)25-16-10-11-27(12-17(16)32-2)18(28)9-6-13-4-7-14(8-5-13)22(30)31/h4-9,16-17H,3,10-12H2,1-2H3,(H,24,26)(H,25,29)(H,30,31)/b9-6+/t16?,17-/m0/s1. The van der Waals surface area contributed by atoms with Crippen LogP contribution in [-0.2, 0) is 16.0 Å². The van der Waals surface area contributed by atoms with Gasteiger partial charge in [0.05, 0.1) is 23.4 Å². The summed E-state index contributed by atoms with van der Waals surface area (Å²) in [6.45, 7) is 2.68. The fraction of sp³-hybridized carbons (Fsp3) is 0.364. The van der Waals surface area contributed by atoms with Crippen LogP contribution in [0.3, 0.4) is 0 Å². The van der Waals surface area contributed by atoms with Gasteiger partial charge in [-0.25, -0.2) is 9.78 Å². The van der Waals surface area contributed by atoms with Crippen molar-refractivity contribution in [1.29, 1.82) is 0 Å². The van der Waals surface area contributed by atoms with Crippen LogP contribution in [0.5, 0.6) is 0 Å². The average molecular weight is 461 g/mol. The van der Waals surface area contributed by atoms with E-state index in [1.165, 1.54) is 25.3 Å². The molecule has 1 aliphatic rings. The van der Waals surface area contributed by atoms with Gasteiger partial charge in [-0.1, -0.05) is 30.7 Å². The zero-order chi connectivity index (χ0) is 23.3. The number of aryl methyl sites for hydroxylation is 1. The van der Waals surface area contributed by atoms with Gasteiger partial charge in [-0.2, -0.15) is 0 Å². The van der Waals surface area contributed by atoms with E-state index in [1.807, 2.05) is 6.92 Å². The number of imidazole rings is 1. The first kappa shape index (κ1) is 23.5. The van der Waals surface area contributed by atoms with E-state index in [9.17, 15) is 14.4 Å². The highest BCUT2D eigenvalue weighted by atomic mass is 35.5. The summed E-state index contributed by atoms with van der Waals surface area (Å²) in [7, 11) is 1.54. The number of likely N-dealkylation sites (tertiary alicyclic amines) is 1. The molecule has 2 atom stereocenters. The van der Waals surface area contributed by atoms with Crippen molar-refractivity contribution < 1.29 is 24.2 Å². The van der Waals surface area contributed by atoms with Crippen LogP contribution in [-0.4, -0.2) is 70.1 Å². The molecular formula is C22H25ClN4O5. The molecule has 2 aromatic rings. The molecule has 1 aliphatic heterocycles. The number of halogens is 1. The van der Waals surface area contributed by atoms with Crippen LogP contribution in [0.1, 0.15) is 45.6 Å². The van der Waals surface area contributed by atoms with Gasteiger partial charge in [-0.15, -0.1) is 0 Å². The molecule has 3 N–H and O–H groups in total. The molecule has 1 aromatic carbocycles. The summed E-state index contributed by atoms with van der Waals surface area (Å²) in [4.78, 5) is 44.7. The van der Waals surface area contributed by atoms with Crippen molar-refractivity contribution in [3.05, 3.63) is 58.1 Å². The number of piperidine rings is 1. The predicted molar refractivity (Wildman–Crippen MR) is 119 cm³/mol. The number of carbonyl (C=O) groups excluding carboxylic acids is 2. The van der Waals surface area contributed by atoms with Crippen molar-refractivity contribution in [2.24, 2.45) is 0 Å². The summed E-state index contributed by atoms with van der Waals surface area (Å²) >= 11 is 6.01. The SMILES string of the molecule is CCc1[nH]c(C(=O)NC2CCN(C(=O)/C=C/c3ccc(C(=O)O)cc3)C[C@@H]2OC)nc1Cl. The van der Waals surface area contributed by atoms with Crippen molar-refractivity contribution >= 4 is 35.5 Å². The molecule has 0 aliphatic carbocycles. The number of rotatable bonds is 7. The molecule has 32 heavy (non-hydrogen) atoms. The molecule has 0 radical (unpaired) electrons. The first-order valence-corrected chi connectivity index (χ1v) is 10.6. The highest BCUT2D eigenvalue weighted by Crippen LogP contribution is 2.17. The molecule has 2 heterocycles. The number of benzene rings is 1. The van der Waals surface area contributed by atoms with E-state index in [0.29, 0.717) is 31.6 Å². The molecule has 170 valence electrons. The van der Waals surface area contributed by atoms with Gasteiger partial charge < -0.3 is 25.0 Å². The fourth-order valence-corrected chi connectivity index (χ4v) is 3.76. The Morgan fingerprint density at radius 1 is 1.34 bits per heavy atom. The third-order valence-corrected chi connectivity index (χ3v) is 5.68. The molecule has 3 rings (SSSR count). The normalized spacial score (nSPS) is 18.7. The van der Waals surface area contributed by atoms with Gasteiger partial charge >= 0.3 is 5.97 Å². The number of nitrogens with zero attached hydrogens (tertiary/aromatic N) is 2. The minimum Gasteiger partial charge on any atom is -0.478 e. The Morgan fingerprint density at radius 3 is 2.66 bits per heavy atom. The van der Waals surface area contributed by atoms with Crippen molar-refractivity contribution in [2.75, 3.05) is 20.2 Å². The number of carboxylic acids is 1. The molecule has 9 nitrogen and oxygen atoms in total. The summed E-state index contributed by atoms with van der Waals surface area (Å²) in [5, 5.41) is 12.1. The summed E-state index contributed by atoms with van der Waals surface area (Å²) < 4.78 is 5.52. The smallest absolute Gasteiger partial charge is 0.335 e. The van der Waals surface area contributed by atoms with Crippen molar-refractivity contribution in [3.63, 3.8) is 0 Å². The Morgan fingerprint density at radius 2 is 2.06 bits per heavy atom. The molecule has 1 saturated heterocycles. The first-order valence-electron chi connectivity index (χ1n) is 10.2. The van der Waals surface area contributed by atoms with Gasteiger partial charge in [0.1, 0.15) is 0 Å². The van der Waals surface area contributed by atoms with E-state index in [1.54, 1.807) is 23.1 Å². The number of nitrogens with one attached hydrogen (secondary N) is 2. The largest absolute Gasteiger partial charge is 0.478 e. The zero-order valence-electron chi connectivity index (χ0n) is 17.8. The number of hydrogen-bond donors (Lipinski definition) is 3. The first-order chi connectivity index (χ1) is 15.3. The second kappa shape index (κ2) is 10.4. The van der Waals surface area contributed by atoms with Gasteiger partial charge in [0.25, 0.3) is 5.91 Å². The molecule has 1 aromatic heterocycles. The van der Waals surface area contributed by atoms with Crippen LogP contribution in [0.15, 0.2) is 30.3 Å². The molecule has 0 saturated carbocycles. The lowest BCUT2D eigenvalue weighted by atomic mass is 10.0. The number of carbonyl (C=O) groups is 3. The highest BCUT2D eigenvalue weighted by molar-refractivity contribution is 6.30. The van der Waals surface area contributed by atoms with Crippen LogP contribution in [0.2, 0.25) is 5.15 Å². The maximum atomic E-state index is 12.6. The number of hydrogen-bond acceptors (Lipinski definition) is 5. The van der Waals surface area contributed by atoms with Crippen molar-refractivity contribution in [1.82, 2.24) is 20.2 Å². The topological polar surface area (TPSA) is 125 Å². The van der Waals surface area contributed by atoms with E-state index in [-0.39, 0.29) is 40.5 Å². The Kier molecular flexibility index (Phi) is 7.66. The van der Waals surface area contributed by atoms with Crippen LogP contribution in [0.25, 0.3) is 6.08 Å². The lowest BCUT2D eigenvalue weighted by Crippen LogP contribution is -2.55. The molecule has 1 unspecified atom stereocenters. The Labute approximate surface area is 190 Å². The van der Waals surface area contributed by atoms with Crippen LogP contribution < -0.4 is 5.32 Å². The molecular weight excluding hydrogens is 436 g/mol. The van der Waals surface area contributed by atoms with Gasteiger partial charge in [0.15, 0.2) is 11.0 Å². The van der Waals surface area contributed by atoms with E-state index < -0.39 is 5.97 Å². The fourth-order valence-electron chi connectivity index (χ4n) is 3.50. The average Bonchev–Trinajstić information content (AvgIpc) is 3.18. The number of H-pyrrole nitrogens is 1. The Bertz CT molecular complexity index is 1020. The maximum absolute atomic E-state index is 12.6. The van der Waals surface area contributed by atoms with Crippen LogP contribution in [0, 0.1) is 0 Å². The van der Waals surface area contributed by atoms with E-state index >= 15 is 0 Å². The maximum Gasteiger partial charge on any atom is 0.335 e. The third kappa shape index (κ3) is 5.54. The number of carboxylic acid groups (broad SMARTS) is 1. The minimum absolute atomic E-state index is 0.150. The van der Waals surface area contributed by atoms with Crippen molar-refractivity contribution in [3.8, 4) is 0 Å². The highest BCUT2D eigenvalue weighted by Gasteiger charge is 2.32. The summed E-state index contributed by atoms with van der Waals surface area (Å²) in [5.41, 5.74) is 1.60. The second-order valence-electron chi connectivity index (χ2n) is 7.40. The quantitative estimate of drug-likeness (QED) is 0.545. The van der Waals surface area contributed by atoms with Gasteiger partial charge in [-0.05, 0) is 36.6 Å². The van der Waals surface area contributed by atoms with Gasteiger partial charge in [0.2, 0.25) is 5.91 Å². The van der Waals surface area contributed by atoms with Crippen LogP contribution >= 0.6 is 11.6 Å². The molecule has 0 bridgehead atoms. The van der Waals surface area contributed by atoms with Gasteiger partial charge in [0, 0.05) is 26.3 Å². The number of ether oxygens (including phenoxy) is 1. The van der Waals surface area contributed by atoms with E-state index in [0.717, 1.165) is 5.56 Å². The van der Waals surface area contributed by atoms with E-state index in [4.69, 9.17) is 21.4 Å². The third-order valence-electron chi connectivity index (χ3n) is 5.36. The lowest BCUT2D eigenvalue weighted by molar-refractivity contribution is -0.130. The number of aromatic amines is 1. The van der Waals surface area contributed by atoms with E-state index in [2.05, 4.69) is 15.3 Å². The Balaban J connectivity index is 1.58. The number of aromatic nitrogens is 2. The molecule has 1 fully saturated rings. The molecule has 2 amide bonds. The Hall–Kier alpha value is -3.17. The lowest BCUT2D eigenvalue weighted by Gasteiger charge is -2.37. The summed E-state index contributed by atoms with van der Waals surface area (Å²) in [6, 6.07) is 5.96. The summed E-state index contributed by atoms with van der Waals surface area (Å²) in [5.74, 6) is -1.41. The summed E-state index contributed by atoms with van der Waals surface area (Å²) in [6.07, 6.45) is 3.86.